The van der Waals surface area contributed by atoms with Gasteiger partial charge in [0, 0.05) is 5.39 Å². The summed E-state index contributed by atoms with van der Waals surface area (Å²) >= 11 is 6.76. The van der Waals surface area contributed by atoms with E-state index >= 15 is 0 Å². The van der Waals surface area contributed by atoms with Crippen LogP contribution >= 0.6 is 24.0 Å². The van der Waals surface area contributed by atoms with Crippen LogP contribution < -0.4 is 9.64 Å². The van der Waals surface area contributed by atoms with E-state index in [-0.39, 0.29) is 5.91 Å². The Hall–Kier alpha value is -2.63. The standard InChI is InChI=1S/C21H15NO2S2/c1-24-18-12-11-14(16-9-5-6-10-17(16)18)13-19-20(23)22(21(25)26-19)15-7-3-2-4-8-15/h2-13H,1H3/b19-13+. The van der Waals surface area contributed by atoms with Crippen LogP contribution in [-0.4, -0.2) is 17.3 Å². The van der Waals surface area contributed by atoms with Crippen LogP contribution in [0.2, 0.25) is 0 Å². The van der Waals surface area contributed by atoms with Gasteiger partial charge in [-0.3, -0.25) is 9.69 Å². The number of nitrogens with zero attached hydrogens (tertiary/aromatic N) is 1. The third kappa shape index (κ3) is 2.89. The van der Waals surface area contributed by atoms with Gasteiger partial charge < -0.3 is 4.74 Å². The molecule has 1 saturated heterocycles. The molecule has 1 fully saturated rings. The molecule has 0 unspecified atom stereocenters. The number of carbonyl (C=O) groups is 1. The lowest BCUT2D eigenvalue weighted by molar-refractivity contribution is -0.113. The predicted octanol–water partition coefficient (Wildman–Crippen LogP) is 5.25. The van der Waals surface area contributed by atoms with Crippen LogP contribution in [0.5, 0.6) is 5.75 Å². The number of amides is 1. The lowest BCUT2D eigenvalue weighted by Gasteiger charge is -2.13. The first kappa shape index (κ1) is 16.8. The van der Waals surface area contributed by atoms with Crippen LogP contribution in [0.3, 0.4) is 0 Å². The van der Waals surface area contributed by atoms with Gasteiger partial charge in [0.1, 0.15) is 5.75 Å². The maximum absolute atomic E-state index is 12.9. The SMILES string of the molecule is COc1ccc(/C=C2/SC(=S)N(c3ccccc3)C2=O)c2ccccc12. The van der Waals surface area contributed by atoms with E-state index < -0.39 is 0 Å². The van der Waals surface area contributed by atoms with Crippen LogP contribution in [0.1, 0.15) is 5.56 Å². The highest BCUT2D eigenvalue weighted by Crippen LogP contribution is 2.37. The second kappa shape index (κ2) is 6.94. The number of fused-ring (bicyclic) bond motifs is 1. The Morgan fingerprint density at radius 1 is 0.962 bits per heavy atom. The second-order valence-corrected chi connectivity index (χ2v) is 7.43. The summed E-state index contributed by atoms with van der Waals surface area (Å²) in [4.78, 5) is 15.1. The summed E-state index contributed by atoms with van der Waals surface area (Å²) in [5, 5.41) is 2.05. The van der Waals surface area contributed by atoms with E-state index in [0.717, 1.165) is 27.8 Å². The Kier molecular flexibility index (Phi) is 4.49. The topological polar surface area (TPSA) is 29.5 Å². The first-order valence-corrected chi connectivity index (χ1v) is 9.30. The van der Waals surface area contributed by atoms with Gasteiger partial charge >= 0.3 is 0 Å². The number of para-hydroxylation sites is 1. The monoisotopic (exact) mass is 377 g/mol. The Balaban J connectivity index is 1.77. The van der Waals surface area contributed by atoms with Crippen molar-refractivity contribution in [3.8, 4) is 5.75 Å². The highest BCUT2D eigenvalue weighted by Gasteiger charge is 2.33. The maximum Gasteiger partial charge on any atom is 0.270 e. The fourth-order valence-corrected chi connectivity index (χ4v) is 4.30. The molecular formula is C21H15NO2S2. The van der Waals surface area contributed by atoms with Crippen molar-refractivity contribution >= 4 is 56.7 Å². The lowest BCUT2D eigenvalue weighted by atomic mass is 10.0. The van der Waals surface area contributed by atoms with Gasteiger partial charge in [-0.25, -0.2) is 0 Å². The average Bonchev–Trinajstić information content (AvgIpc) is 2.96. The zero-order valence-electron chi connectivity index (χ0n) is 14.0. The van der Waals surface area contributed by atoms with Crippen molar-refractivity contribution in [2.24, 2.45) is 0 Å². The fourth-order valence-electron chi connectivity index (χ4n) is 3.01. The third-order valence-electron chi connectivity index (χ3n) is 4.23. The first-order chi connectivity index (χ1) is 12.7. The fraction of sp³-hybridized carbons (Fsp3) is 0.0476. The molecule has 5 heteroatoms. The average molecular weight is 377 g/mol. The number of ether oxygens (including phenoxy) is 1. The summed E-state index contributed by atoms with van der Waals surface area (Å²) in [6.07, 6.45) is 1.91. The molecule has 26 heavy (non-hydrogen) atoms. The van der Waals surface area contributed by atoms with Crippen LogP contribution in [0.15, 0.2) is 71.6 Å². The summed E-state index contributed by atoms with van der Waals surface area (Å²) in [7, 11) is 1.66. The molecule has 1 heterocycles. The van der Waals surface area contributed by atoms with Crippen molar-refractivity contribution in [3.05, 3.63) is 77.2 Å². The van der Waals surface area contributed by atoms with Gasteiger partial charge in [-0.05, 0) is 35.2 Å². The van der Waals surface area contributed by atoms with E-state index in [1.54, 1.807) is 12.0 Å². The molecule has 1 aliphatic heterocycles. The molecule has 0 spiro atoms. The second-order valence-electron chi connectivity index (χ2n) is 5.76. The number of carbonyl (C=O) groups excluding carboxylic acids is 1. The quantitative estimate of drug-likeness (QED) is 0.460. The van der Waals surface area contributed by atoms with Gasteiger partial charge in [0.2, 0.25) is 0 Å². The summed E-state index contributed by atoms with van der Waals surface area (Å²) < 4.78 is 5.99. The van der Waals surface area contributed by atoms with Crippen LogP contribution in [0, 0.1) is 0 Å². The third-order valence-corrected chi connectivity index (χ3v) is 5.53. The molecule has 0 aromatic heterocycles. The summed E-state index contributed by atoms with van der Waals surface area (Å²) in [5.41, 5.74) is 1.76. The summed E-state index contributed by atoms with van der Waals surface area (Å²) in [6.45, 7) is 0. The van der Waals surface area contributed by atoms with E-state index in [4.69, 9.17) is 17.0 Å². The summed E-state index contributed by atoms with van der Waals surface area (Å²) in [5.74, 6) is 0.723. The number of hydrogen-bond donors (Lipinski definition) is 0. The number of rotatable bonds is 3. The molecule has 0 bridgehead atoms. The van der Waals surface area contributed by atoms with E-state index in [0.29, 0.717) is 9.23 Å². The largest absolute Gasteiger partial charge is 0.496 e. The minimum absolute atomic E-state index is 0.0916. The molecule has 0 N–H and O–H groups in total. The lowest BCUT2D eigenvalue weighted by Crippen LogP contribution is -2.27. The van der Waals surface area contributed by atoms with Gasteiger partial charge in [0.15, 0.2) is 4.32 Å². The molecule has 0 radical (unpaired) electrons. The van der Waals surface area contributed by atoms with Crippen molar-refractivity contribution in [2.75, 3.05) is 12.0 Å². The molecule has 0 atom stereocenters. The highest BCUT2D eigenvalue weighted by atomic mass is 32.2. The Labute approximate surface area is 161 Å². The molecule has 1 aliphatic rings. The maximum atomic E-state index is 12.9. The zero-order valence-corrected chi connectivity index (χ0v) is 15.6. The molecule has 4 rings (SSSR count). The highest BCUT2D eigenvalue weighted by molar-refractivity contribution is 8.27. The minimum Gasteiger partial charge on any atom is -0.496 e. The number of anilines is 1. The van der Waals surface area contributed by atoms with E-state index in [1.807, 2.05) is 72.8 Å². The van der Waals surface area contributed by atoms with Gasteiger partial charge in [0.25, 0.3) is 5.91 Å². The van der Waals surface area contributed by atoms with E-state index in [1.165, 1.54) is 11.8 Å². The first-order valence-electron chi connectivity index (χ1n) is 8.08. The molecule has 3 aromatic rings. The molecule has 1 amide bonds. The normalized spacial score (nSPS) is 15.9. The predicted molar refractivity (Wildman–Crippen MR) is 113 cm³/mol. The molecule has 3 aromatic carbocycles. The van der Waals surface area contributed by atoms with Crippen molar-refractivity contribution in [3.63, 3.8) is 0 Å². The Morgan fingerprint density at radius 2 is 1.65 bits per heavy atom. The van der Waals surface area contributed by atoms with E-state index in [2.05, 4.69) is 0 Å². The molecule has 128 valence electrons. The van der Waals surface area contributed by atoms with Crippen LogP contribution in [0.25, 0.3) is 16.8 Å². The van der Waals surface area contributed by atoms with Gasteiger partial charge in [0.05, 0.1) is 17.7 Å². The molecule has 0 saturated carbocycles. The molecular weight excluding hydrogens is 362 g/mol. The van der Waals surface area contributed by atoms with Crippen molar-refractivity contribution in [1.29, 1.82) is 0 Å². The Morgan fingerprint density at radius 3 is 2.38 bits per heavy atom. The Bertz CT molecular complexity index is 1040. The number of methoxy groups -OCH3 is 1. The van der Waals surface area contributed by atoms with Crippen LogP contribution in [0.4, 0.5) is 5.69 Å². The van der Waals surface area contributed by atoms with Gasteiger partial charge in [-0.15, -0.1) is 0 Å². The smallest absolute Gasteiger partial charge is 0.270 e. The van der Waals surface area contributed by atoms with Crippen LogP contribution in [-0.2, 0) is 4.79 Å². The van der Waals surface area contributed by atoms with Gasteiger partial charge in [-0.1, -0.05) is 72.5 Å². The van der Waals surface area contributed by atoms with E-state index in [9.17, 15) is 4.79 Å². The number of benzene rings is 3. The van der Waals surface area contributed by atoms with Crippen molar-refractivity contribution in [1.82, 2.24) is 0 Å². The van der Waals surface area contributed by atoms with Crippen molar-refractivity contribution in [2.45, 2.75) is 0 Å². The molecule has 3 nitrogen and oxygen atoms in total. The molecule has 0 aliphatic carbocycles. The summed E-state index contributed by atoms with van der Waals surface area (Å²) in [6, 6.07) is 21.4. The number of thioether (sulfide) groups is 1. The van der Waals surface area contributed by atoms with Crippen molar-refractivity contribution < 1.29 is 9.53 Å². The van der Waals surface area contributed by atoms with Gasteiger partial charge in [-0.2, -0.15) is 0 Å². The zero-order chi connectivity index (χ0) is 18.1. The number of hydrogen-bond acceptors (Lipinski definition) is 4. The number of thiocarbonyl (C=S) groups is 1. The minimum atomic E-state index is -0.0916.